The first-order valence-corrected chi connectivity index (χ1v) is 14.6. The van der Waals surface area contributed by atoms with Crippen LogP contribution in [0.1, 0.15) is 58.8 Å². The Hall–Kier alpha value is -0.950. The molecule has 5 aliphatic rings. The molecule has 36 heavy (non-hydrogen) atoms. The lowest BCUT2D eigenvalue weighted by Crippen LogP contribution is -2.63. The Kier molecular flexibility index (Phi) is 7.90. The zero-order valence-electron chi connectivity index (χ0n) is 23.2. The molecular formula is C30H49NO5. The van der Waals surface area contributed by atoms with Crippen LogP contribution < -0.4 is 0 Å². The predicted molar refractivity (Wildman–Crippen MR) is 140 cm³/mol. The van der Waals surface area contributed by atoms with E-state index in [9.17, 15) is 9.90 Å². The van der Waals surface area contributed by atoms with Crippen LogP contribution in [0.5, 0.6) is 0 Å². The Labute approximate surface area is 218 Å². The number of fused-ring (bicyclic) bond motifs is 3. The van der Waals surface area contributed by atoms with Crippen molar-refractivity contribution >= 4 is 5.97 Å². The molecular weight excluding hydrogens is 454 g/mol. The van der Waals surface area contributed by atoms with Crippen LogP contribution in [0.4, 0.5) is 0 Å². The summed E-state index contributed by atoms with van der Waals surface area (Å²) in [5.41, 5.74) is 1.64. The number of hydrogen-bond acceptors (Lipinski definition) is 5. The number of aliphatic carboxylic acids is 1. The van der Waals surface area contributed by atoms with Crippen LogP contribution in [0.25, 0.3) is 0 Å². The molecule has 3 saturated carbocycles. The number of carbonyl (C=O) groups is 1. The quantitative estimate of drug-likeness (QED) is 0.483. The molecule has 1 saturated heterocycles. The summed E-state index contributed by atoms with van der Waals surface area (Å²) in [6.45, 7) is 7.65. The molecule has 0 aromatic carbocycles. The highest BCUT2D eigenvalue weighted by molar-refractivity contribution is 5.71. The molecule has 5 rings (SSSR count). The van der Waals surface area contributed by atoms with Gasteiger partial charge in [0.2, 0.25) is 0 Å². The van der Waals surface area contributed by atoms with E-state index in [0.29, 0.717) is 35.5 Å². The number of carboxylic acids is 1. The van der Waals surface area contributed by atoms with Gasteiger partial charge in [-0.05, 0) is 94.5 Å². The fourth-order valence-corrected chi connectivity index (χ4v) is 9.46. The molecule has 0 spiro atoms. The molecule has 6 nitrogen and oxygen atoms in total. The van der Waals surface area contributed by atoms with Crippen LogP contribution in [0.15, 0.2) is 11.6 Å². The van der Waals surface area contributed by atoms with E-state index in [0.717, 1.165) is 52.0 Å². The lowest BCUT2D eigenvalue weighted by Gasteiger charge is -2.63. The van der Waals surface area contributed by atoms with E-state index in [2.05, 4.69) is 38.9 Å². The summed E-state index contributed by atoms with van der Waals surface area (Å²) >= 11 is 0. The number of methoxy groups -OCH3 is 1. The predicted octanol–water partition coefficient (Wildman–Crippen LogP) is 4.73. The highest BCUT2D eigenvalue weighted by atomic mass is 16.5. The van der Waals surface area contributed by atoms with Crippen LogP contribution in [-0.2, 0) is 19.0 Å². The first kappa shape index (κ1) is 26.6. The molecule has 4 fully saturated rings. The van der Waals surface area contributed by atoms with Gasteiger partial charge in [0.05, 0.1) is 37.9 Å². The first-order valence-electron chi connectivity index (χ1n) is 14.6. The van der Waals surface area contributed by atoms with Gasteiger partial charge in [0, 0.05) is 25.0 Å². The third kappa shape index (κ3) is 4.58. The van der Waals surface area contributed by atoms with Crippen molar-refractivity contribution in [3.63, 3.8) is 0 Å². The summed E-state index contributed by atoms with van der Waals surface area (Å²) in [5, 5.41) is 10.3. The van der Waals surface area contributed by atoms with E-state index in [-0.39, 0.29) is 29.5 Å². The molecule has 0 aromatic rings. The van der Waals surface area contributed by atoms with Crippen molar-refractivity contribution in [3.8, 4) is 0 Å². The second-order valence-corrected chi connectivity index (χ2v) is 13.3. The van der Waals surface area contributed by atoms with Crippen LogP contribution in [0, 0.1) is 52.8 Å². The fourth-order valence-electron chi connectivity index (χ4n) is 9.46. The summed E-state index contributed by atoms with van der Waals surface area (Å²) in [5.74, 6) is 2.36. The lowest BCUT2D eigenvalue weighted by molar-refractivity contribution is -0.221. The first-order chi connectivity index (χ1) is 17.3. The van der Waals surface area contributed by atoms with Crippen LogP contribution in [0.2, 0.25) is 0 Å². The Morgan fingerprint density at radius 2 is 2.00 bits per heavy atom. The van der Waals surface area contributed by atoms with Gasteiger partial charge in [-0.1, -0.05) is 25.5 Å². The zero-order chi connectivity index (χ0) is 25.6. The van der Waals surface area contributed by atoms with Gasteiger partial charge in [-0.3, -0.25) is 4.79 Å². The van der Waals surface area contributed by atoms with Crippen molar-refractivity contribution in [3.05, 3.63) is 11.6 Å². The van der Waals surface area contributed by atoms with Gasteiger partial charge >= 0.3 is 5.97 Å². The molecule has 1 aliphatic heterocycles. The maximum Gasteiger partial charge on any atom is 0.307 e. The maximum atomic E-state index is 12.5. The van der Waals surface area contributed by atoms with Crippen LogP contribution in [-0.4, -0.2) is 75.8 Å². The minimum absolute atomic E-state index is 0.0341. The summed E-state index contributed by atoms with van der Waals surface area (Å²) in [7, 11) is 6.02. The summed E-state index contributed by atoms with van der Waals surface area (Å²) in [6, 6.07) is 0. The Morgan fingerprint density at radius 3 is 2.69 bits per heavy atom. The molecule has 1 N–H and O–H groups in total. The molecule has 7 unspecified atom stereocenters. The monoisotopic (exact) mass is 503 g/mol. The molecule has 1 heterocycles. The lowest BCUT2D eigenvalue weighted by atomic mass is 9.45. The normalized spacial score (nSPS) is 44.0. The molecule has 10 atom stereocenters. The molecule has 6 heteroatoms. The van der Waals surface area contributed by atoms with Gasteiger partial charge < -0.3 is 24.2 Å². The number of ether oxygens (including phenoxy) is 3. The van der Waals surface area contributed by atoms with Gasteiger partial charge in [0.25, 0.3) is 0 Å². The third-order valence-electron chi connectivity index (χ3n) is 10.7. The maximum absolute atomic E-state index is 12.5. The van der Waals surface area contributed by atoms with Gasteiger partial charge in [0.15, 0.2) is 0 Å². The van der Waals surface area contributed by atoms with Gasteiger partial charge in [-0.2, -0.15) is 0 Å². The Morgan fingerprint density at radius 1 is 1.19 bits per heavy atom. The molecule has 0 aromatic heterocycles. The minimum Gasteiger partial charge on any atom is -0.481 e. The van der Waals surface area contributed by atoms with E-state index in [1.807, 2.05) is 7.11 Å². The van der Waals surface area contributed by atoms with E-state index in [1.54, 1.807) is 5.57 Å². The van der Waals surface area contributed by atoms with Crippen molar-refractivity contribution in [1.29, 1.82) is 0 Å². The van der Waals surface area contributed by atoms with Crippen molar-refractivity contribution in [2.45, 2.75) is 71.0 Å². The number of rotatable bonds is 8. The van der Waals surface area contributed by atoms with Crippen molar-refractivity contribution < 1.29 is 24.1 Å². The third-order valence-corrected chi connectivity index (χ3v) is 10.7. The number of allylic oxidation sites excluding steroid dienone is 1. The Bertz CT molecular complexity index is 826. The second-order valence-electron chi connectivity index (χ2n) is 13.3. The summed E-state index contributed by atoms with van der Waals surface area (Å²) in [4.78, 5) is 14.7. The van der Waals surface area contributed by atoms with Crippen LogP contribution in [0.3, 0.4) is 0 Å². The number of hydrogen-bond donors (Lipinski definition) is 1. The van der Waals surface area contributed by atoms with Gasteiger partial charge in [0.1, 0.15) is 0 Å². The zero-order valence-corrected chi connectivity index (χ0v) is 23.2. The number of carboxylic acid groups (broad SMARTS) is 1. The second kappa shape index (κ2) is 10.7. The standard InChI is InChI=1S/C30H49NO5/c1-18(2)14-19-6-7-20-21-8-10-25-23-16-35-17-30(25,24(21)11-9-22(20)27(19)29(32)33)15-26(34-5)28(23)36-13-12-31(3)4/h11,18-23,25-28H,6-10,12-17H2,1-5H3,(H,32,33)/t19?,20?,21?,22?,23?,25?,26-,27?,28-,30+/m1/s1. The fraction of sp³-hybridized carbons (Fsp3) is 0.900. The molecule has 0 amide bonds. The van der Waals surface area contributed by atoms with Crippen molar-refractivity contribution in [1.82, 2.24) is 4.90 Å². The van der Waals surface area contributed by atoms with E-state index >= 15 is 0 Å². The van der Waals surface area contributed by atoms with Gasteiger partial charge in [-0.15, -0.1) is 0 Å². The minimum atomic E-state index is -0.560. The Balaban J connectivity index is 1.41. The summed E-state index contributed by atoms with van der Waals surface area (Å²) in [6.07, 6.45) is 10.2. The molecule has 2 bridgehead atoms. The molecule has 0 radical (unpaired) electrons. The van der Waals surface area contributed by atoms with E-state index in [4.69, 9.17) is 14.2 Å². The number of nitrogens with zero attached hydrogens (tertiary/aromatic N) is 1. The topological polar surface area (TPSA) is 68.2 Å². The number of likely N-dealkylation sites (N-methyl/N-ethyl adjacent to an activating group) is 1. The van der Waals surface area contributed by atoms with E-state index < -0.39 is 5.97 Å². The van der Waals surface area contributed by atoms with Crippen molar-refractivity contribution in [2.24, 2.45) is 52.8 Å². The van der Waals surface area contributed by atoms with E-state index in [1.165, 1.54) is 19.3 Å². The largest absolute Gasteiger partial charge is 0.481 e. The van der Waals surface area contributed by atoms with Crippen molar-refractivity contribution in [2.75, 3.05) is 47.6 Å². The average Bonchev–Trinajstić information content (AvgIpc) is 2.83. The average molecular weight is 504 g/mol. The van der Waals surface area contributed by atoms with Gasteiger partial charge in [-0.25, -0.2) is 0 Å². The molecule has 204 valence electrons. The SMILES string of the molecule is CO[C@@H]1C[C@@]23COCC(C2CCC2C3=CCC3C2CCC(CC(C)C)C3C(=O)O)[C@H]1OCCN(C)C. The summed E-state index contributed by atoms with van der Waals surface area (Å²) < 4.78 is 19.0. The molecule has 4 aliphatic carbocycles. The highest BCUT2D eigenvalue weighted by Gasteiger charge is 2.62. The van der Waals surface area contributed by atoms with Crippen LogP contribution >= 0.6 is 0 Å². The smallest absolute Gasteiger partial charge is 0.307 e. The highest BCUT2D eigenvalue weighted by Crippen LogP contribution is 2.64.